The quantitative estimate of drug-likeness (QED) is 0.630. The molecule has 6 nitrogen and oxygen atoms in total. The third-order valence-electron chi connectivity index (χ3n) is 3.97. The van der Waals surface area contributed by atoms with Crippen molar-refractivity contribution in [2.75, 3.05) is 17.7 Å². The van der Waals surface area contributed by atoms with Crippen molar-refractivity contribution in [3.63, 3.8) is 0 Å². The van der Waals surface area contributed by atoms with E-state index in [-0.39, 0.29) is 17.5 Å². The zero-order valence-electron chi connectivity index (χ0n) is 16.1. The van der Waals surface area contributed by atoms with E-state index < -0.39 is 0 Å². The Morgan fingerprint density at radius 3 is 2.39 bits per heavy atom. The zero-order chi connectivity index (χ0) is 20.3. The summed E-state index contributed by atoms with van der Waals surface area (Å²) in [6, 6.07) is 12.7. The summed E-state index contributed by atoms with van der Waals surface area (Å²) in [5.41, 5.74) is 4.40. The van der Waals surface area contributed by atoms with Crippen molar-refractivity contribution in [1.82, 2.24) is 9.97 Å². The van der Waals surface area contributed by atoms with Gasteiger partial charge in [0, 0.05) is 16.4 Å². The van der Waals surface area contributed by atoms with Crippen molar-refractivity contribution in [3.8, 4) is 5.75 Å². The molecule has 0 spiro atoms. The van der Waals surface area contributed by atoms with Gasteiger partial charge in [0.2, 0.25) is 5.95 Å². The van der Waals surface area contributed by atoms with Crippen LogP contribution < -0.4 is 15.4 Å². The second-order valence-electron chi connectivity index (χ2n) is 6.52. The average Bonchev–Trinajstić information content (AvgIpc) is 2.60. The van der Waals surface area contributed by atoms with E-state index in [1.807, 2.05) is 32.0 Å². The normalized spacial score (nSPS) is 10.5. The maximum Gasteiger partial charge on any atom is 0.274 e. The van der Waals surface area contributed by atoms with Crippen LogP contribution in [0.3, 0.4) is 0 Å². The largest absolute Gasteiger partial charge is 0.495 e. The summed E-state index contributed by atoms with van der Waals surface area (Å²) in [5.74, 6) is 0.568. The fourth-order valence-corrected chi connectivity index (χ4v) is 3.05. The number of halogens is 1. The lowest BCUT2D eigenvalue weighted by Gasteiger charge is -2.12. The van der Waals surface area contributed by atoms with Crippen molar-refractivity contribution in [3.05, 3.63) is 70.0 Å². The summed E-state index contributed by atoms with van der Waals surface area (Å²) in [6.45, 7) is 5.77. The number of nitrogens with zero attached hydrogens (tertiary/aromatic N) is 2. The molecule has 144 valence electrons. The van der Waals surface area contributed by atoms with Crippen LogP contribution in [0.2, 0.25) is 5.02 Å². The molecule has 0 saturated carbocycles. The van der Waals surface area contributed by atoms with Crippen molar-refractivity contribution in [2.45, 2.75) is 20.8 Å². The van der Waals surface area contributed by atoms with Gasteiger partial charge in [0.15, 0.2) is 0 Å². The van der Waals surface area contributed by atoms with Crippen LogP contribution in [0.4, 0.5) is 17.3 Å². The maximum atomic E-state index is 12.7. The summed E-state index contributed by atoms with van der Waals surface area (Å²) in [6.07, 6.45) is 0. The van der Waals surface area contributed by atoms with Gasteiger partial charge < -0.3 is 15.4 Å². The highest BCUT2D eigenvalue weighted by Crippen LogP contribution is 2.29. The van der Waals surface area contributed by atoms with E-state index in [1.165, 1.54) is 0 Å². The van der Waals surface area contributed by atoms with Gasteiger partial charge in [-0.05, 0) is 68.3 Å². The van der Waals surface area contributed by atoms with E-state index in [2.05, 4.69) is 20.6 Å². The first-order valence-corrected chi connectivity index (χ1v) is 9.08. The van der Waals surface area contributed by atoms with Gasteiger partial charge in [0.25, 0.3) is 5.91 Å². The van der Waals surface area contributed by atoms with E-state index in [0.717, 1.165) is 16.8 Å². The molecule has 0 aliphatic rings. The fraction of sp³-hybridized carbons (Fsp3) is 0.190. The average molecular weight is 397 g/mol. The molecule has 2 aromatic carbocycles. The van der Waals surface area contributed by atoms with Crippen LogP contribution in [0, 0.1) is 20.8 Å². The Hall–Kier alpha value is -3.12. The molecule has 0 aliphatic heterocycles. The molecule has 7 heteroatoms. The number of nitrogens with one attached hydrogen (secondary N) is 2. The molecule has 1 aromatic heterocycles. The molecule has 1 heterocycles. The number of amides is 1. The maximum absolute atomic E-state index is 12.7. The SMILES string of the molecule is COc1ccc(Cl)cc1Nc1nc(C)cc(C(=O)Nc2cc(C)cc(C)c2)n1. The minimum Gasteiger partial charge on any atom is -0.495 e. The molecule has 0 atom stereocenters. The molecule has 1 amide bonds. The first-order chi connectivity index (χ1) is 13.3. The second kappa shape index (κ2) is 8.27. The Morgan fingerprint density at radius 1 is 1.00 bits per heavy atom. The lowest BCUT2D eigenvalue weighted by Crippen LogP contribution is -2.15. The van der Waals surface area contributed by atoms with Crippen LogP contribution in [0.25, 0.3) is 0 Å². The molecule has 3 aromatic rings. The topological polar surface area (TPSA) is 76.1 Å². The van der Waals surface area contributed by atoms with Crippen molar-refractivity contribution >= 4 is 34.8 Å². The standard InChI is InChI=1S/C21H21ClN4O2/c1-12-7-13(2)9-16(8-12)24-20(27)18-10-14(3)23-21(26-18)25-17-11-15(22)5-6-19(17)28-4/h5-11H,1-4H3,(H,24,27)(H,23,25,26). The van der Waals surface area contributed by atoms with Crippen LogP contribution >= 0.6 is 11.6 Å². The summed E-state index contributed by atoms with van der Waals surface area (Å²) >= 11 is 6.07. The number of ether oxygens (including phenoxy) is 1. The first-order valence-electron chi connectivity index (χ1n) is 8.70. The molecule has 0 fully saturated rings. The predicted octanol–water partition coefficient (Wildman–Crippen LogP) is 5.06. The third-order valence-corrected chi connectivity index (χ3v) is 4.21. The number of hydrogen-bond donors (Lipinski definition) is 2. The number of carbonyl (C=O) groups excluding carboxylic acids is 1. The van der Waals surface area contributed by atoms with E-state index in [0.29, 0.717) is 22.2 Å². The minimum atomic E-state index is -0.309. The highest BCUT2D eigenvalue weighted by Gasteiger charge is 2.13. The van der Waals surface area contributed by atoms with Gasteiger partial charge in [-0.3, -0.25) is 4.79 Å². The van der Waals surface area contributed by atoms with Crippen molar-refractivity contribution in [2.24, 2.45) is 0 Å². The van der Waals surface area contributed by atoms with Gasteiger partial charge in [0.1, 0.15) is 11.4 Å². The Kier molecular flexibility index (Phi) is 5.80. The number of aryl methyl sites for hydroxylation is 3. The number of benzene rings is 2. The Labute approximate surface area is 168 Å². The van der Waals surface area contributed by atoms with E-state index in [9.17, 15) is 4.79 Å². The molecule has 0 saturated heterocycles. The molecule has 28 heavy (non-hydrogen) atoms. The number of hydrogen-bond acceptors (Lipinski definition) is 5. The lowest BCUT2D eigenvalue weighted by atomic mass is 10.1. The summed E-state index contributed by atoms with van der Waals surface area (Å²) in [7, 11) is 1.56. The number of methoxy groups -OCH3 is 1. The first kappa shape index (κ1) is 19.6. The van der Waals surface area contributed by atoms with Gasteiger partial charge in [-0.25, -0.2) is 9.97 Å². The summed E-state index contributed by atoms with van der Waals surface area (Å²) in [5, 5.41) is 6.50. The highest BCUT2D eigenvalue weighted by molar-refractivity contribution is 6.31. The smallest absolute Gasteiger partial charge is 0.274 e. The van der Waals surface area contributed by atoms with Crippen LogP contribution in [0.5, 0.6) is 5.75 Å². The van der Waals surface area contributed by atoms with Gasteiger partial charge in [0.05, 0.1) is 12.8 Å². The molecule has 0 aliphatic carbocycles. The predicted molar refractivity (Wildman–Crippen MR) is 112 cm³/mol. The van der Waals surface area contributed by atoms with Gasteiger partial charge in [-0.1, -0.05) is 17.7 Å². The summed E-state index contributed by atoms with van der Waals surface area (Å²) in [4.78, 5) is 21.4. The van der Waals surface area contributed by atoms with Crippen LogP contribution in [-0.4, -0.2) is 23.0 Å². The second-order valence-corrected chi connectivity index (χ2v) is 6.95. The monoisotopic (exact) mass is 396 g/mol. The van der Waals surface area contributed by atoms with Crippen LogP contribution in [-0.2, 0) is 0 Å². The lowest BCUT2D eigenvalue weighted by molar-refractivity contribution is 0.102. The molecule has 0 unspecified atom stereocenters. The molecular weight excluding hydrogens is 376 g/mol. The number of rotatable bonds is 5. The number of carbonyl (C=O) groups is 1. The van der Waals surface area contributed by atoms with E-state index in [1.54, 1.807) is 38.3 Å². The highest BCUT2D eigenvalue weighted by atomic mass is 35.5. The van der Waals surface area contributed by atoms with E-state index in [4.69, 9.17) is 16.3 Å². The van der Waals surface area contributed by atoms with Crippen molar-refractivity contribution < 1.29 is 9.53 Å². The van der Waals surface area contributed by atoms with Gasteiger partial charge in [-0.15, -0.1) is 0 Å². The molecule has 3 rings (SSSR count). The molecule has 0 bridgehead atoms. The minimum absolute atomic E-state index is 0.259. The van der Waals surface area contributed by atoms with Gasteiger partial charge >= 0.3 is 0 Å². The number of aromatic nitrogens is 2. The fourth-order valence-electron chi connectivity index (χ4n) is 2.88. The Bertz CT molecular complexity index is 1020. The Morgan fingerprint density at radius 2 is 1.71 bits per heavy atom. The molecule has 2 N–H and O–H groups in total. The molecule has 0 radical (unpaired) electrons. The summed E-state index contributed by atoms with van der Waals surface area (Å²) < 4.78 is 5.33. The molecular formula is C21H21ClN4O2. The Balaban J connectivity index is 1.87. The van der Waals surface area contributed by atoms with Crippen LogP contribution in [0.1, 0.15) is 27.3 Å². The van der Waals surface area contributed by atoms with Gasteiger partial charge in [-0.2, -0.15) is 0 Å². The van der Waals surface area contributed by atoms with E-state index >= 15 is 0 Å². The van der Waals surface area contributed by atoms with Crippen LogP contribution in [0.15, 0.2) is 42.5 Å². The third kappa shape index (κ3) is 4.78. The van der Waals surface area contributed by atoms with Crippen molar-refractivity contribution in [1.29, 1.82) is 0 Å². The number of anilines is 3. The zero-order valence-corrected chi connectivity index (χ0v) is 16.9.